The zero-order chi connectivity index (χ0) is 15.8. The van der Waals surface area contributed by atoms with E-state index in [2.05, 4.69) is 27.6 Å². The van der Waals surface area contributed by atoms with Crippen molar-refractivity contribution in [1.82, 2.24) is 20.4 Å². The van der Waals surface area contributed by atoms with E-state index in [4.69, 9.17) is 4.74 Å². The van der Waals surface area contributed by atoms with Crippen molar-refractivity contribution in [3.05, 3.63) is 47.8 Å². The zero-order valence-electron chi connectivity index (χ0n) is 13.7. The van der Waals surface area contributed by atoms with E-state index in [0.29, 0.717) is 19.7 Å². The second kappa shape index (κ2) is 10.1. The SMILES string of the molecule is CN=C(NCCOc1ccc(C)cc1)NCc1cnn(C)c1.I. The van der Waals surface area contributed by atoms with Crippen molar-refractivity contribution < 1.29 is 4.74 Å². The first-order chi connectivity index (χ1) is 10.7. The van der Waals surface area contributed by atoms with Gasteiger partial charge in [0, 0.05) is 32.4 Å². The summed E-state index contributed by atoms with van der Waals surface area (Å²) in [6.07, 6.45) is 3.81. The van der Waals surface area contributed by atoms with Crippen LogP contribution in [0.1, 0.15) is 11.1 Å². The Bertz CT molecular complexity index is 609. The van der Waals surface area contributed by atoms with Gasteiger partial charge in [-0.3, -0.25) is 9.67 Å². The normalized spacial score (nSPS) is 10.8. The average Bonchev–Trinajstić information content (AvgIpc) is 2.94. The predicted octanol–water partition coefficient (Wildman–Crippen LogP) is 2.09. The Kier molecular flexibility index (Phi) is 8.46. The summed E-state index contributed by atoms with van der Waals surface area (Å²) in [6, 6.07) is 8.03. The molecule has 1 heterocycles. The van der Waals surface area contributed by atoms with Crippen LogP contribution >= 0.6 is 24.0 Å². The smallest absolute Gasteiger partial charge is 0.191 e. The summed E-state index contributed by atoms with van der Waals surface area (Å²) in [5, 5.41) is 10.6. The van der Waals surface area contributed by atoms with Gasteiger partial charge in [-0.2, -0.15) is 5.10 Å². The molecule has 0 saturated heterocycles. The molecule has 0 radical (unpaired) electrons. The van der Waals surface area contributed by atoms with Gasteiger partial charge >= 0.3 is 0 Å². The number of aromatic nitrogens is 2. The van der Waals surface area contributed by atoms with Crippen LogP contribution in [0.15, 0.2) is 41.7 Å². The molecule has 1 aromatic heterocycles. The third kappa shape index (κ3) is 6.89. The molecule has 1 aromatic carbocycles. The number of hydrogen-bond acceptors (Lipinski definition) is 3. The Hall–Kier alpha value is -1.77. The van der Waals surface area contributed by atoms with Gasteiger partial charge in [0.25, 0.3) is 0 Å². The van der Waals surface area contributed by atoms with E-state index >= 15 is 0 Å². The van der Waals surface area contributed by atoms with E-state index in [1.807, 2.05) is 43.7 Å². The Morgan fingerprint density at radius 2 is 2.00 bits per heavy atom. The summed E-state index contributed by atoms with van der Waals surface area (Å²) in [4.78, 5) is 4.18. The summed E-state index contributed by atoms with van der Waals surface area (Å²) in [7, 11) is 3.65. The van der Waals surface area contributed by atoms with Gasteiger partial charge in [-0.25, -0.2) is 0 Å². The average molecular weight is 429 g/mol. The number of rotatable bonds is 6. The van der Waals surface area contributed by atoms with Gasteiger partial charge in [-0.15, -0.1) is 24.0 Å². The molecule has 0 atom stereocenters. The largest absolute Gasteiger partial charge is 0.492 e. The number of nitrogens with one attached hydrogen (secondary N) is 2. The maximum atomic E-state index is 5.66. The lowest BCUT2D eigenvalue weighted by Crippen LogP contribution is -2.38. The van der Waals surface area contributed by atoms with Crippen molar-refractivity contribution in [3.63, 3.8) is 0 Å². The Balaban J connectivity index is 0.00000264. The van der Waals surface area contributed by atoms with Crippen LogP contribution in [-0.2, 0) is 13.6 Å². The lowest BCUT2D eigenvalue weighted by molar-refractivity contribution is 0.322. The molecule has 0 fully saturated rings. The van der Waals surface area contributed by atoms with E-state index in [9.17, 15) is 0 Å². The fourth-order valence-electron chi connectivity index (χ4n) is 1.94. The number of benzene rings is 1. The molecule has 126 valence electrons. The van der Waals surface area contributed by atoms with Gasteiger partial charge < -0.3 is 15.4 Å². The summed E-state index contributed by atoms with van der Waals surface area (Å²) in [6.45, 7) is 4.01. The lowest BCUT2D eigenvalue weighted by Gasteiger charge is -2.12. The third-order valence-electron chi connectivity index (χ3n) is 3.13. The third-order valence-corrected chi connectivity index (χ3v) is 3.13. The first-order valence-electron chi connectivity index (χ1n) is 7.29. The van der Waals surface area contributed by atoms with Gasteiger partial charge in [0.15, 0.2) is 5.96 Å². The van der Waals surface area contributed by atoms with Crippen LogP contribution in [-0.4, -0.2) is 35.9 Å². The molecule has 0 aliphatic carbocycles. The molecule has 23 heavy (non-hydrogen) atoms. The van der Waals surface area contributed by atoms with Crippen molar-refractivity contribution in [2.24, 2.45) is 12.0 Å². The van der Waals surface area contributed by atoms with Gasteiger partial charge in [0.05, 0.1) is 12.7 Å². The molecule has 0 aliphatic rings. The molecular weight excluding hydrogens is 405 g/mol. The molecule has 0 spiro atoms. The van der Waals surface area contributed by atoms with Gasteiger partial charge in [-0.05, 0) is 19.1 Å². The molecule has 6 nitrogen and oxygen atoms in total. The van der Waals surface area contributed by atoms with Crippen LogP contribution in [0.3, 0.4) is 0 Å². The molecule has 0 saturated carbocycles. The van der Waals surface area contributed by atoms with Crippen LogP contribution in [0.4, 0.5) is 0 Å². The van der Waals surface area contributed by atoms with Crippen LogP contribution < -0.4 is 15.4 Å². The Morgan fingerprint density at radius 1 is 1.26 bits per heavy atom. The maximum absolute atomic E-state index is 5.66. The van der Waals surface area contributed by atoms with E-state index in [0.717, 1.165) is 17.3 Å². The summed E-state index contributed by atoms with van der Waals surface area (Å²) in [5.74, 6) is 1.63. The molecule has 0 bridgehead atoms. The highest BCUT2D eigenvalue weighted by atomic mass is 127. The Morgan fingerprint density at radius 3 is 2.61 bits per heavy atom. The fourth-order valence-corrected chi connectivity index (χ4v) is 1.94. The molecule has 7 heteroatoms. The van der Waals surface area contributed by atoms with Crippen LogP contribution in [0, 0.1) is 6.92 Å². The number of aryl methyl sites for hydroxylation is 2. The minimum atomic E-state index is 0. The molecule has 2 N–H and O–H groups in total. The summed E-state index contributed by atoms with van der Waals surface area (Å²) in [5.41, 5.74) is 2.34. The van der Waals surface area contributed by atoms with E-state index in [1.54, 1.807) is 11.7 Å². The molecule has 2 rings (SSSR count). The van der Waals surface area contributed by atoms with Crippen LogP contribution in [0.25, 0.3) is 0 Å². The molecular formula is C16H24IN5O. The van der Waals surface area contributed by atoms with Gasteiger partial charge in [0.2, 0.25) is 0 Å². The van der Waals surface area contributed by atoms with E-state index < -0.39 is 0 Å². The van der Waals surface area contributed by atoms with Crippen LogP contribution in [0.5, 0.6) is 5.75 Å². The molecule has 0 unspecified atom stereocenters. The summed E-state index contributed by atoms with van der Waals surface area (Å²) >= 11 is 0. The number of aliphatic imine (C=N–C) groups is 1. The van der Waals surface area contributed by atoms with Crippen molar-refractivity contribution in [3.8, 4) is 5.75 Å². The van der Waals surface area contributed by atoms with Crippen LogP contribution in [0.2, 0.25) is 0 Å². The number of halogens is 1. The first kappa shape index (κ1) is 19.3. The molecule has 0 amide bonds. The van der Waals surface area contributed by atoms with Crippen molar-refractivity contribution in [2.75, 3.05) is 20.2 Å². The monoisotopic (exact) mass is 429 g/mol. The lowest BCUT2D eigenvalue weighted by atomic mass is 10.2. The highest BCUT2D eigenvalue weighted by Gasteiger charge is 2.00. The van der Waals surface area contributed by atoms with Gasteiger partial charge in [-0.1, -0.05) is 17.7 Å². The fraction of sp³-hybridized carbons (Fsp3) is 0.375. The predicted molar refractivity (Wildman–Crippen MR) is 103 cm³/mol. The standard InChI is InChI=1S/C16H23N5O.HI/c1-13-4-6-15(7-5-13)22-9-8-18-16(17-2)19-10-14-11-20-21(3)12-14;/h4-7,11-12H,8-10H2,1-3H3,(H2,17,18,19);1H. The number of hydrogen-bond donors (Lipinski definition) is 2. The minimum absolute atomic E-state index is 0. The minimum Gasteiger partial charge on any atom is -0.492 e. The van der Waals surface area contributed by atoms with E-state index in [-0.39, 0.29) is 24.0 Å². The first-order valence-corrected chi connectivity index (χ1v) is 7.29. The molecule has 0 aliphatic heterocycles. The van der Waals surface area contributed by atoms with Gasteiger partial charge in [0.1, 0.15) is 12.4 Å². The second-order valence-corrected chi connectivity index (χ2v) is 5.04. The number of guanidine groups is 1. The highest BCUT2D eigenvalue weighted by Crippen LogP contribution is 2.10. The topological polar surface area (TPSA) is 63.5 Å². The zero-order valence-corrected chi connectivity index (χ0v) is 16.1. The Labute approximate surface area is 154 Å². The van der Waals surface area contributed by atoms with Crippen molar-refractivity contribution >= 4 is 29.9 Å². The molecule has 2 aromatic rings. The van der Waals surface area contributed by atoms with E-state index in [1.165, 1.54) is 5.56 Å². The maximum Gasteiger partial charge on any atom is 0.191 e. The second-order valence-electron chi connectivity index (χ2n) is 5.04. The van der Waals surface area contributed by atoms with Crippen molar-refractivity contribution in [1.29, 1.82) is 0 Å². The van der Waals surface area contributed by atoms with Crippen molar-refractivity contribution in [2.45, 2.75) is 13.5 Å². The summed E-state index contributed by atoms with van der Waals surface area (Å²) < 4.78 is 7.44. The quantitative estimate of drug-likeness (QED) is 0.320. The number of nitrogens with zero attached hydrogens (tertiary/aromatic N) is 3. The number of ether oxygens (including phenoxy) is 1. The highest BCUT2D eigenvalue weighted by molar-refractivity contribution is 14.0.